The van der Waals surface area contributed by atoms with Crippen LogP contribution in [0.2, 0.25) is 0 Å². The van der Waals surface area contributed by atoms with Gasteiger partial charge in [-0.1, -0.05) is 67.6 Å². The molecule has 2 aromatic carbocycles. The summed E-state index contributed by atoms with van der Waals surface area (Å²) >= 11 is 0. The summed E-state index contributed by atoms with van der Waals surface area (Å²) < 4.78 is 0. The lowest BCUT2D eigenvalue weighted by atomic mass is 9.90. The van der Waals surface area contributed by atoms with Crippen molar-refractivity contribution >= 4 is 11.8 Å². The van der Waals surface area contributed by atoms with E-state index < -0.39 is 5.92 Å². The van der Waals surface area contributed by atoms with Gasteiger partial charge in [-0.25, -0.2) is 0 Å². The molecule has 1 aliphatic heterocycles. The molecule has 1 aliphatic rings. The van der Waals surface area contributed by atoms with Gasteiger partial charge in [0.2, 0.25) is 11.8 Å². The molecule has 1 heterocycles. The second-order valence-electron chi connectivity index (χ2n) is 7.06. The third-order valence-corrected chi connectivity index (χ3v) is 4.95. The number of carbonyl (C=O) groups is 2. The number of hydrogen-bond acceptors (Lipinski definition) is 2. The molecule has 1 unspecified atom stereocenters. The Hall–Kier alpha value is -2.62. The molecule has 26 heavy (non-hydrogen) atoms. The normalized spacial score (nSPS) is 17.2. The summed E-state index contributed by atoms with van der Waals surface area (Å²) in [7, 11) is 0. The minimum absolute atomic E-state index is 0.00442. The van der Waals surface area contributed by atoms with Crippen LogP contribution in [-0.2, 0) is 9.59 Å². The number of amides is 2. The summed E-state index contributed by atoms with van der Waals surface area (Å²) in [6, 6.07) is 19.4. The highest BCUT2D eigenvalue weighted by atomic mass is 16.2. The van der Waals surface area contributed by atoms with Gasteiger partial charge in [0, 0.05) is 13.1 Å². The Morgan fingerprint density at radius 1 is 1.04 bits per heavy atom. The molecule has 1 N–H and O–H groups in total. The van der Waals surface area contributed by atoms with E-state index in [1.54, 1.807) is 0 Å². The number of benzene rings is 2. The average Bonchev–Trinajstić information content (AvgIpc) is 2.68. The molecule has 0 aromatic heterocycles. The number of piperidine rings is 1. The largest absolute Gasteiger partial charge is 0.346 e. The Bertz CT molecular complexity index is 691. The van der Waals surface area contributed by atoms with E-state index in [0.29, 0.717) is 5.92 Å². The van der Waals surface area contributed by atoms with Crippen LogP contribution in [-0.4, -0.2) is 36.3 Å². The van der Waals surface area contributed by atoms with E-state index in [9.17, 15) is 9.59 Å². The van der Waals surface area contributed by atoms with Crippen LogP contribution in [0.4, 0.5) is 0 Å². The van der Waals surface area contributed by atoms with Gasteiger partial charge in [0.25, 0.3) is 0 Å². The predicted molar refractivity (Wildman–Crippen MR) is 103 cm³/mol. The smallest absolute Gasteiger partial charge is 0.241 e. The summed E-state index contributed by atoms with van der Waals surface area (Å²) in [4.78, 5) is 27.2. The van der Waals surface area contributed by atoms with Gasteiger partial charge >= 0.3 is 0 Å². The highest BCUT2D eigenvalue weighted by Gasteiger charge is 2.25. The molecule has 2 amide bonds. The second kappa shape index (κ2) is 8.65. The fourth-order valence-electron chi connectivity index (χ4n) is 3.58. The maximum Gasteiger partial charge on any atom is 0.241 e. The van der Waals surface area contributed by atoms with Crippen LogP contribution in [0.15, 0.2) is 60.7 Å². The molecule has 1 atom stereocenters. The lowest BCUT2D eigenvalue weighted by Crippen LogP contribution is -2.45. The average molecular weight is 350 g/mol. The molecule has 136 valence electrons. The highest BCUT2D eigenvalue weighted by Crippen LogP contribution is 2.24. The minimum Gasteiger partial charge on any atom is -0.346 e. The summed E-state index contributed by atoms with van der Waals surface area (Å²) in [5, 5.41) is 2.86. The van der Waals surface area contributed by atoms with Crippen molar-refractivity contribution in [3.05, 3.63) is 71.8 Å². The van der Waals surface area contributed by atoms with Gasteiger partial charge < -0.3 is 10.2 Å². The van der Waals surface area contributed by atoms with Crippen molar-refractivity contribution in [1.82, 2.24) is 10.2 Å². The first kappa shape index (κ1) is 18.2. The standard InChI is InChI=1S/C22H26N2O2/c1-17-9-8-14-24(16-17)20(25)15-23-22(26)21(18-10-4-2-5-11-18)19-12-6-3-7-13-19/h2-7,10-13,17,21H,8-9,14-16H2,1H3,(H,23,26). The van der Waals surface area contributed by atoms with Crippen molar-refractivity contribution in [1.29, 1.82) is 0 Å². The number of nitrogens with zero attached hydrogens (tertiary/aromatic N) is 1. The Morgan fingerprint density at radius 3 is 2.15 bits per heavy atom. The van der Waals surface area contributed by atoms with Gasteiger partial charge in [-0.05, 0) is 29.9 Å². The van der Waals surface area contributed by atoms with E-state index >= 15 is 0 Å². The molecule has 1 fully saturated rings. The maximum absolute atomic E-state index is 12.9. The van der Waals surface area contributed by atoms with Crippen LogP contribution < -0.4 is 5.32 Å². The SMILES string of the molecule is CC1CCCN(C(=O)CNC(=O)C(c2ccccc2)c2ccccc2)C1. The lowest BCUT2D eigenvalue weighted by Gasteiger charge is -2.31. The van der Waals surface area contributed by atoms with Gasteiger partial charge in [0.05, 0.1) is 12.5 Å². The van der Waals surface area contributed by atoms with Crippen molar-refractivity contribution in [2.24, 2.45) is 5.92 Å². The van der Waals surface area contributed by atoms with Crippen LogP contribution in [0.1, 0.15) is 36.8 Å². The molecule has 0 aliphatic carbocycles. The summed E-state index contributed by atoms with van der Waals surface area (Å²) in [5.41, 5.74) is 1.85. The number of nitrogens with one attached hydrogen (secondary N) is 1. The van der Waals surface area contributed by atoms with Gasteiger partial charge in [0.1, 0.15) is 0 Å². The van der Waals surface area contributed by atoms with Crippen LogP contribution >= 0.6 is 0 Å². The number of carbonyl (C=O) groups excluding carboxylic acids is 2. The van der Waals surface area contributed by atoms with Crippen molar-refractivity contribution in [3.8, 4) is 0 Å². The molecule has 4 heteroatoms. The number of rotatable bonds is 5. The zero-order valence-electron chi connectivity index (χ0n) is 15.2. The van der Waals surface area contributed by atoms with E-state index in [-0.39, 0.29) is 18.4 Å². The fraction of sp³-hybridized carbons (Fsp3) is 0.364. The number of hydrogen-bond donors (Lipinski definition) is 1. The summed E-state index contributed by atoms with van der Waals surface area (Å²) in [6.45, 7) is 3.80. The van der Waals surface area contributed by atoms with E-state index in [0.717, 1.165) is 30.6 Å². The van der Waals surface area contributed by atoms with Gasteiger partial charge in [-0.2, -0.15) is 0 Å². The van der Waals surface area contributed by atoms with Gasteiger partial charge in [-0.15, -0.1) is 0 Å². The van der Waals surface area contributed by atoms with E-state index in [1.165, 1.54) is 6.42 Å². The molecule has 0 radical (unpaired) electrons. The van der Waals surface area contributed by atoms with E-state index in [4.69, 9.17) is 0 Å². The van der Waals surface area contributed by atoms with E-state index in [2.05, 4.69) is 12.2 Å². The maximum atomic E-state index is 12.9. The van der Waals surface area contributed by atoms with E-state index in [1.807, 2.05) is 65.6 Å². The Kier molecular flexibility index (Phi) is 6.05. The zero-order valence-corrected chi connectivity index (χ0v) is 15.2. The zero-order chi connectivity index (χ0) is 18.4. The quantitative estimate of drug-likeness (QED) is 0.900. The molecular formula is C22H26N2O2. The van der Waals surface area contributed by atoms with Crippen LogP contribution in [0.3, 0.4) is 0 Å². The predicted octanol–water partition coefficient (Wildman–Crippen LogP) is 3.19. The van der Waals surface area contributed by atoms with Crippen molar-refractivity contribution in [2.45, 2.75) is 25.7 Å². The van der Waals surface area contributed by atoms with Crippen molar-refractivity contribution < 1.29 is 9.59 Å². The number of likely N-dealkylation sites (tertiary alicyclic amines) is 1. The molecule has 2 aromatic rings. The van der Waals surface area contributed by atoms with Gasteiger partial charge in [-0.3, -0.25) is 9.59 Å². The Labute approximate surface area is 155 Å². The van der Waals surface area contributed by atoms with Crippen LogP contribution in [0, 0.1) is 5.92 Å². The first-order valence-electron chi connectivity index (χ1n) is 9.30. The van der Waals surface area contributed by atoms with Crippen molar-refractivity contribution in [3.63, 3.8) is 0 Å². The summed E-state index contributed by atoms with van der Waals surface area (Å²) in [5.74, 6) is -0.0131. The molecule has 1 saturated heterocycles. The molecular weight excluding hydrogens is 324 g/mol. The molecule has 0 spiro atoms. The molecule has 0 saturated carbocycles. The fourth-order valence-corrected chi connectivity index (χ4v) is 3.58. The molecule has 4 nitrogen and oxygen atoms in total. The van der Waals surface area contributed by atoms with Crippen LogP contribution in [0.25, 0.3) is 0 Å². The topological polar surface area (TPSA) is 49.4 Å². The lowest BCUT2D eigenvalue weighted by molar-refractivity contribution is -0.134. The monoisotopic (exact) mass is 350 g/mol. The minimum atomic E-state index is -0.412. The third-order valence-electron chi connectivity index (χ3n) is 4.95. The van der Waals surface area contributed by atoms with Gasteiger partial charge in [0.15, 0.2) is 0 Å². The van der Waals surface area contributed by atoms with Crippen LogP contribution in [0.5, 0.6) is 0 Å². The third kappa shape index (κ3) is 4.51. The summed E-state index contributed by atoms with van der Waals surface area (Å²) in [6.07, 6.45) is 2.21. The second-order valence-corrected chi connectivity index (χ2v) is 7.06. The Morgan fingerprint density at radius 2 is 1.62 bits per heavy atom. The molecule has 0 bridgehead atoms. The first-order valence-corrected chi connectivity index (χ1v) is 9.30. The Balaban J connectivity index is 1.69. The first-order chi connectivity index (χ1) is 12.6. The highest BCUT2D eigenvalue weighted by molar-refractivity contribution is 5.90. The molecule has 3 rings (SSSR count). The van der Waals surface area contributed by atoms with Crippen molar-refractivity contribution in [2.75, 3.05) is 19.6 Å².